The molecule has 0 radical (unpaired) electrons. The summed E-state index contributed by atoms with van der Waals surface area (Å²) in [4.78, 5) is 217. The van der Waals surface area contributed by atoms with Gasteiger partial charge in [0.05, 0.1) is 12.5 Å². The fraction of sp³-hybridized carbons (Fsp3) is 0.412. The minimum absolute atomic E-state index is 0.0244. The number of guanidine groups is 2. The minimum Gasteiger partial charge on any atom is -0.508 e. The lowest BCUT2D eigenvalue weighted by atomic mass is 10.0. The van der Waals surface area contributed by atoms with E-state index in [1.807, 2.05) is 0 Å². The van der Waals surface area contributed by atoms with Crippen molar-refractivity contribution in [2.45, 2.75) is 183 Å². The Morgan fingerprint density at radius 3 is 1.31 bits per heavy atom. The van der Waals surface area contributed by atoms with Crippen molar-refractivity contribution >= 4 is 122 Å². The minimum atomic E-state index is -1.86. The summed E-state index contributed by atoms with van der Waals surface area (Å²) < 4.78 is 0. The number of carbonyl (C=O) groups is 15. The highest BCUT2D eigenvalue weighted by atomic mass is 33.1. The van der Waals surface area contributed by atoms with Gasteiger partial charge in [0.1, 0.15) is 96.1 Å². The average molecular weight is 1730 g/mol. The molecule has 42 heteroatoms. The molecule has 1 heterocycles. The molecule has 1 fully saturated rings. The van der Waals surface area contributed by atoms with Crippen LogP contribution in [0, 0.1) is 10.8 Å². The predicted molar refractivity (Wildman–Crippen MR) is 452 cm³/mol. The van der Waals surface area contributed by atoms with E-state index in [-0.39, 0.29) is 88.3 Å². The standard InChI is InChI=1S/C80H108N22O18S2/c1-42(66(108)93-53(65(83)107)22-14-32-88-79(84)85)90-70(112)55(37-49-24-28-51(104)29-25-49)99-77(119)62-41-122-121-40-61(101-75(117)57(38-50-26-30-52(105)31-27-50)96-68(110)44(3)92-78(120)64(82)45(4)103)76(118)94-54(23-15-33-89-80(86)87)69(111)97-58(35-47-18-10-6-11-19-47)72(114)98-59(36-48-20-12-7-13-21-48)73(115)100-60(39-63(81)106)71(113)91-43(2)67(109)95-56(74(116)102-62)34-46-16-8-5-9-17-46/h5-13,16-21,24-31,42-45,53-62,64,103-105H,14-15,22-23,32-41,82H2,1-4H3,(H2,81,106)(H2,83,107)(H,90,112)(H,91,113)(H,92,120)(H,93,108)(H,94,118)(H,95,109)(H,96,110)(H,97,111)(H,98,114)(H,99,119)(H,100,115)(H,101,117)(H,102,116)(H4,84,85,88)(H4,86,87,89)/t42-,43-,44-,45+,53-,54-,55-,56-,57-,58-,59-,60-,61-,62-,64-/m0/s1. The van der Waals surface area contributed by atoms with Gasteiger partial charge >= 0.3 is 0 Å². The van der Waals surface area contributed by atoms with Crippen LogP contribution < -0.4 is 108 Å². The van der Waals surface area contributed by atoms with Gasteiger partial charge in [0.25, 0.3) is 0 Å². The highest BCUT2D eigenvalue weighted by Crippen LogP contribution is 2.25. The zero-order valence-electron chi connectivity index (χ0n) is 67.5. The molecule has 0 unspecified atom stereocenters. The summed E-state index contributed by atoms with van der Waals surface area (Å²) in [5, 5.41) is 84.6. The smallest absolute Gasteiger partial charge is 0.244 e. The number of nitrogens with two attached hydrogens (primary N) is 5. The SMILES string of the molecule is C[C@H](NC(=O)[C@H](Cc1ccc(O)cc1)NC(=O)[C@@H]1CSSC[C@H](NC(=O)[C@H](Cc2ccc(O)cc2)NC(=O)[C@H](C)NC(=O)[C@@H](N)[C@@H](C)O)C(=O)N[C@@H](CCCNC(=N)N)C(=O)N[C@@H](Cc2ccccc2)C(=O)N[C@@H](Cc2ccccc2)C(=O)N[C@@H](CC(N)=O)C(=O)N[C@@H](C)C(=O)N[C@@H](Cc2ccccc2)C(=O)N1)C(=O)N[C@@H](CCCNC(=N)N)C(N)=O. The molecule has 0 saturated carbocycles. The molecule has 15 atom stereocenters. The molecular formula is C80H108N22O18S2. The summed E-state index contributed by atoms with van der Waals surface area (Å²) in [6, 6.07) is 12.7. The number of rotatable bonds is 34. The number of phenolic OH excluding ortho intramolecular Hbond substituents is 2. The van der Waals surface area contributed by atoms with E-state index in [0.29, 0.717) is 27.8 Å². The normalized spacial score (nSPS) is 20.2. The molecule has 6 rings (SSSR count). The highest BCUT2D eigenvalue weighted by molar-refractivity contribution is 8.76. The van der Waals surface area contributed by atoms with E-state index in [2.05, 4.69) is 79.8 Å². The molecular weight excluding hydrogens is 1620 g/mol. The van der Waals surface area contributed by atoms with Crippen LogP contribution >= 0.6 is 21.6 Å². The number of primary amides is 2. The molecule has 658 valence electrons. The fourth-order valence-corrected chi connectivity index (χ4v) is 14.4. The molecule has 1 aliphatic rings. The van der Waals surface area contributed by atoms with Crippen LogP contribution in [0.2, 0.25) is 0 Å². The highest BCUT2D eigenvalue weighted by Gasteiger charge is 2.39. The van der Waals surface area contributed by atoms with Crippen molar-refractivity contribution in [1.82, 2.24) is 79.8 Å². The van der Waals surface area contributed by atoms with Crippen LogP contribution in [0.15, 0.2) is 140 Å². The number of hydrogen-bond donors (Lipinski definition) is 25. The zero-order chi connectivity index (χ0) is 89.7. The Labute approximate surface area is 711 Å². The second kappa shape index (κ2) is 49.5. The van der Waals surface area contributed by atoms with Gasteiger partial charge in [-0.15, -0.1) is 0 Å². The molecule has 0 spiro atoms. The van der Waals surface area contributed by atoms with Crippen LogP contribution in [0.5, 0.6) is 11.5 Å². The summed E-state index contributed by atoms with van der Waals surface area (Å²) in [5.41, 5.74) is 30.2. The van der Waals surface area contributed by atoms with Crippen LogP contribution in [0.1, 0.15) is 87.6 Å². The second-order valence-corrected chi connectivity index (χ2v) is 31.5. The Balaban J connectivity index is 1.52. The topological polar surface area (TPSA) is 675 Å². The van der Waals surface area contributed by atoms with Gasteiger partial charge in [-0.1, -0.05) is 137 Å². The maximum absolute atomic E-state index is 15.5. The third-order valence-electron chi connectivity index (χ3n) is 19.0. The van der Waals surface area contributed by atoms with Gasteiger partial charge in [0.15, 0.2) is 11.9 Å². The van der Waals surface area contributed by atoms with E-state index < -0.39 is 203 Å². The quantitative estimate of drug-likeness (QED) is 0.00793. The lowest BCUT2D eigenvalue weighted by Crippen LogP contribution is -2.62. The van der Waals surface area contributed by atoms with Crippen molar-refractivity contribution in [3.05, 3.63) is 167 Å². The average Bonchev–Trinajstić information content (AvgIpc) is 0.851. The molecule has 1 aliphatic heterocycles. The van der Waals surface area contributed by atoms with Crippen LogP contribution in [0.25, 0.3) is 0 Å². The number of amides is 15. The van der Waals surface area contributed by atoms with Gasteiger partial charge in [0, 0.05) is 56.7 Å². The summed E-state index contributed by atoms with van der Waals surface area (Å²) in [5.74, 6) is -17.9. The van der Waals surface area contributed by atoms with Crippen molar-refractivity contribution in [3.63, 3.8) is 0 Å². The summed E-state index contributed by atoms with van der Waals surface area (Å²) >= 11 is 0. The lowest BCUT2D eigenvalue weighted by Gasteiger charge is -2.29. The van der Waals surface area contributed by atoms with Crippen LogP contribution in [-0.4, -0.2) is 231 Å². The van der Waals surface area contributed by atoms with E-state index in [4.69, 9.17) is 39.5 Å². The van der Waals surface area contributed by atoms with Crippen molar-refractivity contribution in [1.29, 1.82) is 10.8 Å². The summed E-state index contributed by atoms with van der Waals surface area (Å²) in [6.45, 7) is 5.02. The van der Waals surface area contributed by atoms with E-state index in [9.17, 15) is 58.5 Å². The van der Waals surface area contributed by atoms with E-state index in [0.717, 1.165) is 21.6 Å². The lowest BCUT2D eigenvalue weighted by molar-refractivity contribution is -0.136. The van der Waals surface area contributed by atoms with Gasteiger partial charge in [-0.2, -0.15) is 0 Å². The van der Waals surface area contributed by atoms with Gasteiger partial charge in [-0.3, -0.25) is 82.7 Å². The van der Waals surface area contributed by atoms with Crippen molar-refractivity contribution in [2.75, 3.05) is 24.6 Å². The van der Waals surface area contributed by atoms with Crippen molar-refractivity contribution < 1.29 is 87.2 Å². The number of carbonyl (C=O) groups excluding carboxylic acids is 15. The molecule has 0 aromatic heterocycles. The maximum Gasteiger partial charge on any atom is 0.244 e. The van der Waals surface area contributed by atoms with Crippen LogP contribution in [-0.2, 0) is 104 Å². The first-order chi connectivity index (χ1) is 57.9. The van der Waals surface area contributed by atoms with Gasteiger partial charge in [-0.05, 0) is 105 Å². The van der Waals surface area contributed by atoms with E-state index >= 15 is 28.8 Å². The van der Waals surface area contributed by atoms with Gasteiger partial charge in [0.2, 0.25) is 88.6 Å². The van der Waals surface area contributed by atoms with Crippen molar-refractivity contribution in [2.24, 2.45) is 28.7 Å². The second-order valence-electron chi connectivity index (χ2n) is 29.0. The molecule has 15 amide bonds. The Hall–Kier alpha value is -13.1. The monoisotopic (exact) mass is 1730 g/mol. The number of aliphatic hydroxyl groups excluding tert-OH is 1. The molecule has 30 N–H and O–H groups in total. The van der Waals surface area contributed by atoms with Gasteiger partial charge in [-0.25, -0.2) is 0 Å². The van der Waals surface area contributed by atoms with Crippen LogP contribution in [0.3, 0.4) is 0 Å². The third-order valence-corrected chi connectivity index (χ3v) is 21.4. The largest absolute Gasteiger partial charge is 0.508 e. The number of aliphatic hydroxyl groups is 1. The molecule has 5 aromatic rings. The Bertz CT molecular complexity index is 4450. The molecule has 0 bridgehead atoms. The van der Waals surface area contributed by atoms with Crippen molar-refractivity contribution in [3.8, 4) is 11.5 Å². The van der Waals surface area contributed by atoms with E-state index in [1.165, 1.54) is 76.2 Å². The fourth-order valence-electron chi connectivity index (χ4n) is 12.1. The maximum atomic E-state index is 15.5. The van der Waals surface area contributed by atoms with Gasteiger partial charge < -0.3 is 124 Å². The first kappa shape index (κ1) is 97.7. The number of nitrogens with one attached hydrogen (secondary N) is 17. The summed E-state index contributed by atoms with van der Waals surface area (Å²) in [6.07, 6.45) is -4.05. The van der Waals surface area contributed by atoms with Crippen LogP contribution in [0.4, 0.5) is 0 Å². The molecule has 122 heavy (non-hydrogen) atoms. The number of hydrogen-bond acceptors (Lipinski definition) is 23. The first-order valence-electron chi connectivity index (χ1n) is 39.0. The Kier molecular flexibility index (Phi) is 39.6. The molecule has 0 aliphatic carbocycles. The Morgan fingerprint density at radius 2 is 0.852 bits per heavy atom. The third kappa shape index (κ3) is 34.0. The number of phenols is 2. The zero-order valence-corrected chi connectivity index (χ0v) is 69.1. The molecule has 40 nitrogen and oxygen atoms in total. The summed E-state index contributed by atoms with van der Waals surface area (Å²) in [7, 11) is 1.55. The Morgan fingerprint density at radius 1 is 0.451 bits per heavy atom. The first-order valence-corrected chi connectivity index (χ1v) is 41.5. The predicted octanol–water partition coefficient (Wildman–Crippen LogP) is -5.04. The number of benzene rings is 5. The van der Waals surface area contributed by atoms with E-state index in [1.54, 1.807) is 91.0 Å². The molecule has 1 saturated heterocycles. The molecule has 5 aromatic carbocycles. The number of aromatic hydroxyl groups is 2.